The van der Waals surface area contributed by atoms with Crippen molar-refractivity contribution in [2.24, 2.45) is 7.05 Å². The number of nitrogen functional groups attached to an aromatic ring is 1. The Labute approximate surface area is 113 Å². The highest BCUT2D eigenvalue weighted by molar-refractivity contribution is 5.68. The van der Waals surface area contributed by atoms with Gasteiger partial charge in [-0.15, -0.1) is 0 Å². The molecule has 0 bridgehead atoms. The van der Waals surface area contributed by atoms with Gasteiger partial charge < -0.3 is 15.8 Å². The maximum Gasteiger partial charge on any atom is 0.121 e. The van der Waals surface area contributed by atoms with E-state index in [2.05, 4.69) is 17.3 Å². The van der Waals surface area contributed by atoms with E-state index in [1.165, 1.54) is 5.56 Å². The number of methoxy groups -OCH3 is 1. The Morgan fingerprint density at radius 1 is 1.37 bits per heavy atom. The molecule has 0 radical (unpaired) electrons. The summed E-state index contributed by atoms with van der Waals surface area (Å²) in [5.41, 5.74) is 11.0. The molecule has 1 aromatic carbocycles. The Balaban J connectivity index is 2.14. The van der Waals surface area contributed by atoms with E-state index in [0.29, 0.717) is 12.2 Å². The fourth-order valence-corrected chi connectivity index (χ4v) is 2.09. The zero-order valence-electron chi connectivity index (χ0n) is 11.8. The molecule has 2 rings (SSSR count). The van der Waals surface area contributed by atoms with E-state index in [-0.39, 0.29) is 0 Å². The van der Waals surface area contributed by atoms with Crippen LogP contribution in [0.5, 0.6) is 5.75 Å². The molecule has 1 aromatic heterocycles. The highest BCUT2D eigenvalue weighted by Gasteiger charge is 2.09. The van der Waals surface area contributed by atoms with Crippen molar-refractivity contribution >= 4 is 11.4 Å². The molecule has 0 unspecified atom stereocenters. The second-order valence-electron chi connectivity index (χ2n) is 4.58. The maximum atomic E-state index is 5.98. The number of benzene rings is 1. The van der Waals surface area contributed by atoms with Gasteiger partial charge in [0.25, 0.3) is 0 Å². The van der Waals surface area contributed by atoms with Crippen molar-refractivity contribution < 1.29 is 4.74 Å². The maximum absolute atomic E-state index is 5.98. The summed E-state index contributed by atoms with van der Waals surface area (Å²) in [6.07, 6.45) is 0. The smallest absolute Gasteiger partial charge is 0.121 e. The van der Waals surface area contributed by atoms with Crippen LogP contribution in [0.3, 0.4) is 0 Å². The molecule has 0 aliphatic carbocycles. The van der Waals surface area contributed by atoms with Gasteiger partial charge in [0.2, 0.25) is 0 Å². The average molecular weight is 260 g/mol. The van der Waals surface area contributed by atoms with Crippen molar-refractivity contribution in [3.63, 3.8) is 0 Å². The lowest BCUT2D eigenvalue weighted by Crippen LogP contribution is -2.04. The first-order chi connectivity index (χ1) is 9.02. The fourth-order valence-electron chi connectivity index (χ4n) is 2.09. The van der Waals surface area contributed by atoms with Crippen molar-refractivity contribution in [2.75, 3.05) is 18.2 Å². The SMILES string of the molecule is COc1ccc(NCc2c(C)nn(C)c2C)c(N)c1. The van der Waals surface area contributed by atoms with Crippen molar-refractivity contribution in [1.29, 1.82) is 0 Å². The van der Waals surface area contributed by atoms with Crippen LogP contribution in [-0.2, 0) is 13.6 Å². The molecule has 5 heteroatoms. The zero-order chi connectivity index (χ0) is 14.0. The topological polar surface area (TPSA) is 65.1 Å². The van der Waals surface area contributed by atoms with E-state index in [9.17, 15) is 0 Å². The average Bonchev–Trinajstić information content (AvgIpc) is 2.62. The minimum atomic E-state index is 0.679. The van der Waals surface area contributed by atoms with E-state index in [1.807, 2.05) is 36.9 Å². The molecule has 102 valence electrons. The lowest BCUT2D eigenvalue weighted by Gasteiger charge is -2.11. The molecule has 19 heavy (non-hydrogen) atoms. The molecule has 1 heterocycles. The van der Waals surface area contributed by atoms with Crippen LogP contribution in [0.4, 0.5) is 11.4 Å². The third kappa shape index (κ3) is 2.65. The Morgan fingerprint density at radius 2 is 2.11 bits per heavy atom. The molecule has 0 fully saturated rings. The van der Waals surface area contributed by atoms with Gasteiger partial charge in [-0.1, -0.05) is 0 Å². The number of nitrogens with two attached hydrogens (primary N) is 1. The van der Waals surface area contributed by atoms with E-state index < -0.39 is 0 Å². The third-order valence-electron chi connectivity index (χ3n) is 3.37. The molecule has 2 aromatic rings. The minimum Gasteiger partial charge on any atom is -0.497 e. The van der Waals surface area contributed by atoms with Gasteiger partial charge in [-0.25, -0.2) is 0 Å². The van der Waals surface area contributed by atoms with Crippen LogP contribution in [0.2, 0.25) is 0 Å². The summed E-state index contributed by atoms with van der Waals surface area (Å²) in [5, 5.41) is 7.74. The highest BCUT2D eigenvalue weighted by atomic mass is 16.5. The Hall–Kier alpha value is -2.17. The predicted molar refractivity (Wildman–Crippen MR) is 77.4 cm³/mol. The number of ether oxygens (including phenoxy) is 1. The van der Waals surface area contributed by atoms with Crippen LogP contribution in [0.1, 0.15) is 17.0 Å². The number of nitrogens with zero attached hydrogens (tertiary/aromatic N) is 2. The second kappa shape index (κ2) is 5.22. The molecule has 0 amide bonds. The van der Waals surface area contributed by atoms with Crippen LogP contribution >= 0.6 is 0 Å². The third-order valence-corrected chi connectivity index (χ3v) is 3.37. The number of hydrogen-bond donors (Lipinski definition) is 2. The quantitative estimate of drug-likeness (QED) is 0.827. The number of aromatic nitrogens is 2. The number of hydrogen-bond acceptors (Lipinski definition) is 4. The van der Waals surface area contributed by atoms with Crippen molar-refractivity contribution in [2.45, 2.75) is 20.4 Å². The van der Waals surface area contributed by atoms with Crippen LogP contribution in [0, 0.1) is 13.8 Å². The van der Waals surface area contributed by atoms with Gasteiger partial charge in [-0.2, -0.15) is 5.10 Å². The number of anilines is 2. The molecule has 5 nitrogen and oxygen atoms in total. The predicted octanol–water partition coefficient (Wildman–Crippen LogP) is 2.24. The first-order valence-corrected chi connectivity index (χ1v) is 6.19. The van der Waals surface area contributed by atoms with Crippen LogP contribution < -0.4 is 15.8 Å². The van der Waals surface area contributed by atoms with Gasteiger partial charge in [0.1, 0.15) is 5.75 Å². The molecule has 0 saturated carbocycles. The van der Waals surface area contributed by atoms with Gasteiger partial charge in [-0.3, -0.25) is 4.68 Å². The summed E-state index contributed by atoms with van der Waals surface area (Å²) in [7, 11) is 3.58. The highest BCUT2D eigenvalue weighted by Crippen LogP contribution is 2.25. The summed E-state index contributed by atoms with van der Waals surface area (Å²) in [5.74, 6) is 0.761. The largest absolute Gasteiger partial charge is 0.497 e. The first kappa shape index (κ1) is 13.3. The van der Waals surface area contributed by atoms with Gasteiger partial charge in [0.05, 0.1) is 24.2 Å². The van der Waals surface area contributed by atoms with Gasteiger partial charge in [-0.05, 0) is 26.0 Å². The Morgan fingerprint density at radius 3 is 2.63 bits per heavy atom. The summed E-state index contributed by atoms with van der Waals surface area (Å²) >= 11 is 0. The van der Waals surface area contributed by atoms with Crippen LogP contribution in [-0.4, -0.2) is 16.9 Å². The van der Waals surface area contributed by atoms with E-state index >= 15 is 0 Å². The molecule has 0 saturated heterocycles. The summed E-state index contributed by atoms with van der Waals surface area (Å²) in [4.78, 5) is 0. The van der Waals surface area contributed by atoms with E-state index in [0.717, 1.165) is 22.8 Å². The molecule has 0 atom stereocenters. The van der Waals surface area contributed by atoms with Gasteiger partial charge in [0.15, 0.2) is 0 Å². The summed E-state index contributed by atoms with van der Waals surface area (Å²) < 4.78 is 7.03. The summed E-state index contributed by atoms with van der Waals surface area (Å²) in [6, 6.07) is 5.63. The molecule has 0 aliphatic heterocycles. The molecule has 0 aliphatic rings. The van der Waals surface area contributed by atoms with Crippen LogP contribution in [0.15, 0.2) is 18.2 Å². The molecule has 3 N–H and O–H groups in total. The minimum absolute atomic E-state index is 0.679. The first-order valence-electron chi connectivity index (χ1n) is 6.19. The lowest BCUT2D eigenvalue weighted by atomic mass is 10.2. The molecular weight excluding hydrogens is 240 g/mol. The molecular formula is C14H20N4O. The normalized spacial score (nSPS) is 10.5. The zero-order valence-corrected chi connectivity index (χ0v) is 11.8. The summed E-state index contributed by atoms with van der Waals surface area (Å²) in [6.45, 7) is 4.79. The Bertz CT molecular complexity index is 589. The van der Waals surface area contributed by atoms with Gasteiger partial charge >= 0.3 is 0 Å². The second-order valence-corrected chi connectivity index (χ2v) is 4.58. The van der Waals surface area contributed by atoms with Crippen molar-refractivity contribution in [3.8, 4) is 5.75 Å². The fraction of sp³-hybridized carbons (Fsp3) is 0.357. The molecule has 0 spiro atoms. The number of nitrogens with one attached hydrogen (secondary N) is 1. The Kier molecular flexibility index (Phi) is 3.64. The number of rotatable bonds is 4. The lowest BCUT2D eigenvalue weighted by molar-refractivity contribution is 0.415. The van der Waals surface area contributed by atoms with Gasteiger partial charge in [0, 0.05) is 30.9 Å². The van der Waals surface area contributed by atoms with Crippen molar-refractivity contribution in [3.05, 3.63) is 35.2 Å². The van der Waals surface area contributed by atoms with E-state index in [1.54, 1.807) is 7.11 Å². The van der Waals surface area contributed by atoms with E-state index in [4.69, 9.17) is 10.5 Å². The van der Waals surface area contributed by atoms with Crippen LogP contribution in [0.25, 0.3) is 0 Å². The standard InChI is InChI=1S/C14H20N4O/c1-9-12(10(2)18(3)17-9)8-16-14-6-5-11(19-4)7-13(14)15/h5-7,16H,8,15H2,1-4H3. The van der Waals surface area contributed by atoms with Crippen molar-refractivity contribution in [1.82, 2.24) is 9.78 Å². The monoisotopic (exact) mass is 260 g/mol. The number of aryl methyl sites for hydroxylation is 2.